The molecular weight excluding hydrogens is 178 g/mol. The van der Waals surface area contributed by atoms with Crippen molar-refractivity contribution in [3.8, 4) is 0 Å². The molecule has 0 aliphatic rings. The molecule has 12 heavy (non-hydrogen) atoms. The summed E-state index contributed by atoms with van der Waals surface area (Å²) in [6, 6.07) is 0. The van der Waals surface area contributed by atoms with Crippen LogP contribution in [0.3, 0.4) is 0 Å². The second kappa shape index (κ2) is 2.56. The lowest BCUT2D eigenvalue weighted by molar-refractivity contribution is 0.589. The Balaban J connectivity index is 3.48. The molecule has 0 aliphatic heterocycles. The molecule has 0 amide bonds. The largest absolute Gasteiger partial charge is 0.271 e. The number of hydrogen-bond donors (Lipinski definition) is 1. The van der Waals surface area contributed by atoms with Crippen LogP contribution in [0.1, 0.15) is 11.3 Å². The van der Waals surface area contributed by atoms with Crippen molar-refractivity contribution in [2.24, 2.45) is 12.2 Å². The minimum Gasteiger partial charge on any atom is -0.271 e. The Bertz CT molecular complexity index is 405. The Labute approximate surface area is 71.2 Å². The first kappa shape index (κ1) is 9.21. The molecule has 0 saturated heterocycles. The highest BCUT2D eigenvalue weighted by atomic mass is 32.2. The molecule has 1 heterocycles. The second-order valence-electron chi connectivity index (χ2n) is 2.68. The summed E-state index contributed by atoms with van der Waals surface area (Å²) in [5.74, 6) is 0. The Hall–Kier alpha value is -0.880. The van der Waals surface area contributed by atoms with E-state index in [2.05, 4.69) is 5.10 Å². The lowest BCUT2D eigenvalue weighted by atomic mass is 10.3. The molecule has 5 nitrogen and oxygen atoms in total. The van der Waals surface area contributed by atoms with Gasteiger partial charge in [0.05, 0.1) is 0 Å². The molecule has 1 aromatic rings. The van der Waals surface area contributed by atoms with E-state index in [4.69, 9.17) is 5.14 Å². The highest BCUT2D eigenvalue weighted by molar-refractivity contribution is 7.89. The maximum absolute atomic E-state index is 10.9. The Morgan fingerprint density at radius 3 is 2.08 bits per heavy atom. The van der Waals surface area contributed by atoms with Crippen LogP contribution in [0.2, 0.25) is 0 Å². The zero-order valence-electron chi connectivity index (χ0n) is 7.20. The molecule has 0 aliphatic carbocycles. The number of rotatable bonds is 1. The number of primary sulfonamides is 1. The summed E-state index contributed by atoms with van der Waals surface area (Å²) >= 11 is 0. The third kappa shape index (κ3) is 1.35. The molecular formula is C6H11N3O2S. The van der Waals surface area contributed by atoms with E-state index < -0.39 is 10.0 Å². The summed E-state index contributed by atoms with van der Waals surface area (Å²) in [6.45, 7) is 3.47. The average molecular weight is 189 g/mol. The van der Waals surface area contributed by atoms with Crippen LogP contribution in [0.4, 0.5) is 0 Å². The fourth-order valence-electron chi connectivity index (χ4n) is 0.954. The number of hydrogen-bond acceptors (Lipinski definition) is 3. The van der Waals surface area contributed by atoms with Crippen molar-refractivity contribution in [1.82, 2.24) is 9.78 Å². The quantitative estimate of drug-likeness (QED) is 0.658. The third-order valence-electron chi connectivity index (χ3n) is 1.86. The molecule has 6 heteroatoms. The van der Waals surface area contributed by atoms with E-state index in [-0.39, 0.29) is 5.03 Å². The van der Waals surface area contributed by atoms with Crippen molar-refractivity contribution < 1.29 is 8.42 Å². The molecule has 1 aromatic heterocycles. The fourth-order valence-corrected chi connectivity index (χ4v) is 1.76. The maximum Gasteiger partial charge on any atom is 0.257 e. The van der Waals surface area contributed by atoms with Crippen molar-refractivity contribution >= 4 is 10.0 Å². The van der Waals surface area contributed by atoms with Crippen LogP contribution in [-0.2, 0) is 17.1 Å². The molecule has 0 aromatic carbocycles. The number of aryl methyl sites for hydroxylation is 1. The number of sulfonamides is 1. The minimum atomic E-state index is -3.67. The van der Waals surface area contributed by atoms with Gasteiger partial charge in [-0.3, -0.25) is 4.68 Å². The van der Waals surface area contributed by atoms with Crippen molar-refractivity contribution in [2.75, 3.05) is 0 Å². The van der Waals surface area contributed by atoms with E-state index in [9.17, 15) is 8.42 Å². The second-order valence-corrected chi connectivity index (χ2v) is 4.16. The zero-order valence-corrected chi connectivity index (χ0v) is 8.01. The van der Waals surface area contributed by atoms with E-state index in [0.717, 1.165) is 5.69 Å². The van der Waals surface area contributed by atoms with Gasteiger partial charge in [0.25, 0.3) is 10.0 Å². The predicted octanol–water partition coefficient (Wildman–Crippen LogP) is -0.316. The zero-order chi connectivity index (χ0) is 9.52. The first-order chi connectivity index (χ1) is 5.34. The Morgan fingerprint density at radius 1 is 1.42 bits per heavy atom. The van der Waals surface area contributed by atoms with Crippen LogP contribution in [0.5, 0.6) is 0 Å². The lowest BCUT2D eigenvalue weighted by Crippen LogP contribution is -2.14. The molecule has 0 bridgehead atoms. The van der Waals surface area contributed by atoms with Gasteiger partial charge in [0.1, 0.15) is 0 Å². The number of nitrogens with two attached hydrogens (primary N) is 1. The summed E-state index contributed by atoms with van der Waals surface area (Å²) < 4.78 is 23.3. The predicted molar refractivity (Wildman–Crippen MR) is 44.1 cm³/mol. The molecule has 0 radical (unpaired) electrons. The fraction of sp³-hybridized carbons (Fsp3) is 0.500. The van der Waals surface area contributed by atoms with Gasteiger partial charge in [-0.05, 0) is 13.8 Å². The Kier molecular flexibility index (Phi) is 1.97. The van der Waals surface area contributed by atoms with Gasteiger partial charge in [0.2, 0.25) is 0 Å². The minimum absolute atomic E-state index is 0.0394. The normalized spacial score (nSPS) is 12.0. The number of nitrogens with zero attached hydrogens (tertiary/aromatic N) is 2. The van der Waals surface area contributed by atoms with Crippen molar-refractivity contribution in [3.05, 3.63) is 11.3 Å². The van der Waals surface area contributed by atoms with Gasteiger partial charge < -0.3 is 0 Å². The van der Waals surface area contributed by atoms with Crippen LogP contribution < -0.4 is 5.14 Å². The van der Waals surface area contributed by atoms with Gasteiger partial charge >= 0.3 is 0 Å². The number of aromatic nitrogens is 2. The summed E-state index contributed by atoms with van der Waals surface area (Å²) in [6.07, 6.45) is 0. The van der Waals surface area contributed by atoms with Crippen LogP contribution >= 0.6 is 0 Å². The third-order valence-corrected chi connectivity index (χ3v) is 2.79. The first-order valence-electron chi connectivity index (χ1n) is 3.37. The summed E-state index contributed by atoms with van der Waals surface area (Å²) in [5, 5.41) is 8.68. The van der Waals surface area contributed by atoms with E-state index in [1.165, 1.54) is 4.68 Å². The Morgan fingerprint density at radius 2 is 1.92 bits per heavy atom. The first-order valence-corrected chi connectivity index (χ1v) is 4.91. The van der Waals surface area contributed by atoms with Gasteiger partial charge in [-0.15, -0.1) is 0 Å². The molecule has 0 atom stereocenters. The molecule has 0 spiro atoms. The molecule has 68 valence electrons. The van der Waals surface area contributed by atoms with Crippen molar-refractivity contribution in [3.63, 3.8) is 0 Å². The van der Waals surface area contributed by atoms with E-state index in [1.54, 1.807) is 20.9 Å². The average Bonchev–Trinajstić information content (AvgIpc) is 2.15. The van der Waals surface area contributed by atoms with Crippen LogP contribution in [0.25, 0.3) is 0 Å². The van der Waals surface area contributed by atoms with E-state index in [0.29, 0.717) is 5.56 Å². The summed E-state index contributed by atoms with van der Waals surface area (Å²) in [4.78, 5) is 0. The lowest BCUT2D eigenvalue weighted by Gasteiger charge is -1.92. The van der Waals surface area contributed by atoms with Crippen molar-refractivity contribution in [2.45, 2.75) is 18.9 Å². The van der Waals surface area contributed by atoms with Crippen LogP contribution in [0.15, 0.2) is 5.03 Å². The highest BCUT2D eigenvalue weighted by Gasteiger charge is 2.18. The van der Waals surface area contributed by atoms with Crippen LogP contribution in [-0.4, -0.2) is 18.2 Å². The van der Waals surface area contributed by atoms with Gasteiger partial charge in [0, 0.05) is 18.3 Å². The monoisotopic (exact) mass is 189 g/mol. The standard InChI is InChI=1S/C6H11N3O2S/c1-4-5(2)9(3)8-6(4)12(7,10)11/h1-3H3,(H2,7,10,11). The molecule has 0 saturated carbocycles. The van der Waals surface area contributed by atoms with Gasteiger partial charge in [-0.25, -0.2) is 13.6 Å². The van der Waals surface area contributed by atoms with E-state index in [1.807, 2.05) is 0 Å². The smallest absolute Gasteiger partial charge is 0.257 e. The summed E-state index contributed by atoms with van der Waals surface area (Å²) in [7, 11) is -1.99. The highest BCUT2D eigenvalue weighted by Crippen LogP contribution is 2.14. The van der Waals surface area contributed by atoms with Gasteiger partial charge in [-0.2, -0.15) is 5.10 Å². The molecule has 0 unspecified atom stereocenters. The van der Waals surface area contributed by atoms with Gasteiger partial charge in [0.15, 0.2) is 5.03 Å². The topological polar surface area (TPSA) is 78.0 Å². The SMILES string of the molecule is Cc1c(S(N)(=O)=O)nn(C)c1C. The molecule has 1 rings (SSSR count). The van der Waals surface area contributed by atoms with Crippen LogP contribution in [0, 0.1) is 13.8 Å². The maximum atomic E-state index is 10.9. The van der Waals surface area contributed by atoms with Gasteiger partial charge in [-0.1, -0.05) is 0 Å². The molecule has 2 N–H and O–H groups in total. The van der Waals surface area contributed by atoms with E-state index >= 15 is 0 Å². The molecule has 0 fully saturated rings. The van der Waals surface area contributed by atoms with Crippen molar-refractivity contribution in [1.29, 1.82) is 0 Å². The summed E-state index contributed by atoms with van der Waals surface area (Å²) in [5.41, 5.74) is 1.42.